The van der Waals surface area contributed by atoms with Crippen LogP contribution in [0.3, 0.4) is 0 Å². The van der Waals surface area contributed by atoms with Crippen molar-refractivity contribution in [1.29, 1.82) is 0 Å². The van der Waals surface area contributed by atoms with Crippen LogP contribution in [-0.4, -0.2) is 15.0 Å². The van der Waals surface area contributed by atoms with E-state index in [4.69, 9.17) is 0 Å². The number of halogens is 2. The molecule has 0 atom stereocenters. The van der Waals surface area contributed by atoms with E-state index < -0.39 is 0 Å². The minimum atomic E-state index is -0.164. The fraction of sp³-hybridized carbons (Fsp3) is 0.143. The average Bonchev–Trinajstić information content (AvgIpc) is 2.34. The summed E-state index contributed by atoms with van der Waals surface area (Å²) < 4.78 is 26.7. The molecule has 0 bridgehead atoms. The van der Waals surface area contributed by atoms with Crippen molar-refractivity contribution in [2.24, 2.45) is 0 Å². The summed E-state index contributed by atoms with van der Waals surface area (Å²) in [5.41, 5.74) is 1.45. The minimum absolute atomic E-state index is 0.164. The molecule has 0 aromatic heterocycles. The Morgan fingerprint density at radius 3 is 1.53 bits per heavy atom. The van der Waals surface area contributed by atoms with Gasteiger partial charge in [0.05, 0.1) is 0 Å². The molecular weight excluding hydrogens is 285 g/mol. The van der Waals surface area contributed by atoms with Crippen molar-refractivity contribution in [3.05, 3.63) is 71.3 Å². The van der Waals surface area contributed by atoms with E-state index in [-0.39, 0.29) is 26.6 Å². The van der Waals surface area contributed by atoms with Crippen LogP contribution in [0.15, 0.2) is 48.5 Å². The number of benzene rings is 2. The van der Waals surface area contributed by atoms with Crippen molar-refractivity contribution in [1.82, 2.24) is 0 Å². The number of hydrogen-bond acceptors (Lipinski definition) is 0. The van der Waals surface area contributed by atoms with Crippen LogP contribution in [0.4, 0.5) is 8.78 Å². The van der Waals surface area contributed by atoms with Crippen molar-refractivity contribution in [3.63, 3.8) is 0 Å². The Bertz CT molecular complexity index is 452. The molecule has 2 aromatic carbocycles. The molecule has 2 aromatic rings. The zero-order valence-electron chi connectivity index (χ0n) is 9.20. The molecule has 2 rings (SSSR count). The molecule has 0 spiro atoms. The van der Waals surface area contributed by atoms with Gasteiger partial charge in [-0.1, -0.05) is 0 Å². The topological polar surface area (TPSA) is 0 Å². The maximum atomic E-state index is 13.3. The van der Waals surface area contributed by atoms with E-state index in [2.05, 4.69) is 0 Å². The standard InChI is InChI=1S/C14H12F2Se/c15-13-7-3-1-5-11(13)9-17-10-12-6-2-4-8-14(12)16/h1-8H,9-10H2. The third-order valence-electron chi connectivity index (χ3n) is 2.43. The van der Waals surface area contributed by atoms with Crippen LogP contribution in [-0.2, 0) is 10.6 Å². The van der Waals surface area contributed by atoms with Gasteiger partial charge in [0.1, 0.15) is 0 Å². The summed E-state index contributed by atoms with van der Waals surface area (Å²) in [5.74, 6) is -0.328. The Morgan fingerprint density at radius 2 is 1.12 bits per heavy atom. The van der Waals surface area contributed by atoms with Gasteiger partial charge in [0, 0.05) is 0 Å². The quantitative estimate of drug-likeness (QED) is 0.759. The summed E-state index contributed by atoms with van der Waals surface area (Å²) in [6, 6.07) is 13.5. The molecular formula is C14H12F2Se. The molecule has 0 saturated carbocycles. The zero-order valence-corrected chi connectivity index (χ0v) is 10.9. The zero-order chi connectivity index (χ0) is 12.1. The Labute approximate surface area is 106 Å². The molecule has 0 nitrogen and oxygen atoms in total. The van der Waals surface area contributed by atoms with Crippen molar-refractivity contribution >= 4 is 15.0 Å². The van der Waals surface area contributed by atoms with Gasteiger partial charge >= 0.3 is 106 Å². The van der Waals surface area contributed by atoms with Crippen molar-refractivity contribution in [2.75, 3.05) is 0 Å². The molecule has 0 heterocycles. The van der Waals surface area contributed by atoms with E-state index in [1.165, 1.54) is 12.1 Å². The molecule has 0 amide bonds. The van der Waals surface area contributed by atoms with Gasteiger partial charge in [0.15, 0.2) is 0 Å². The molecule has 0 N–H and O–H groups in total. The van der Waals surface area contributed by atoms with Crippen LogP contribution in [0.1, 0.15) is 11.1 Å². The van der Waals surface area contributed by atoms with Gasteiger partial charge in [-0.15, -0.1) is 0 Å². The molecule has 0 aliphatic carbocycles. The summed E-state index contributed by atoms with van der Waals surface area (Å²) >= 11 is 0.185. The molecule has 0 unspecified atom stereocenters. The second-order valence-corrected chi connectivity index (χ2v) is 5.74. The second-order valence-electron chi connectivity index (χ2n) is 3.68. The van der Waals surface area contributed by atoms with Crippen molar-refractivity contribution in [2.45, 2.75) is 10.6 Å². The van der Waals surface area contributed by atoms with Gasteiger partial charge in [-0.2, -0.15) is 0 Å². The van der Waals surface area contributed by atoms with Gasteiger partial charge in [-0.05, 0) is 0 Å². The molecule has 0 radical (unpaired) electrons. The van der Waals surface area contributed by atoms with Gasteiger partial charge in [0.2, 0.25) is 0 Å². The average molecular weight is 297 g/mol. The monoisotopic (exact) mass is 298 g/mol. The first-order chi connectivity index (χ1) is 8.27. The summed E-state index contributed by atoms with van der Waals surface area (Å²) in [5, 5.41) is 1.40. The van der Waals surface area contributed by atoms with Crippen LogP contribution < -0.4 is 0 Å². The van der Waals surface area contributed by atoms with Crippen molar-refractivity contribution < 1.29 is 8.78 Å². The van der Waals surface area contributed by atoms with E-state index in [0.717, 1.165) is 11.1 Å². The second kappa shape index (κ2) is 5.94. The van der Waals surface area contributed by atoms with Crippen LogP contribution in [0.2, 0.25) is 0 Å². The summed E-state index contributed by atoms with van der Waals surface area (Å²) in [4.78, 5) is 0. The maximum absolute atomic E-state index is 13.3. The van der Waals surface area contributed by atoms with Crippen LogP contribution in [0.25, 0.3) is 0 Å². The molecule has 0 fully saturated rings. The first-order valence-corrected chi connectivity index (χ1v) is 7.74. The third kappa shape index (κ3) is 3.39. The predicted molar refractivity (Wildman–Crippen MR) is 66.0 cm³/mol. The van der Waals surface area contributed by atoms with Gasteiger partial charge in [-0.3, -0.25) is 0 Å². The van der Waals surface area contributed by atoms with Gasteiger partial charge < -0.3 is 0 Å². The molecule has 0 aliphatic rings. The van der Waals surface area contributed by atoms with Crippen LogP contribution >= 0.6 is 0 Å². The molecule has 3 heteroatoms. The van der Waals surface area contributed by atoms with Gasteiger partial charge in [0.25, 0.3) is 0 Å². The number of rotatable bonds is 4. The Morgan fingerprint density at radius 1 is 0.706 bits per heavy atom. The molecule has 88 valence electrons. The summed E-state index contributed by atoms with van der Waals surface area (Å²) in [6.07, 6.45) is 0. The first kappa shape index (κ1) is 12.3. The first-order valence-electron chi connectivity index (χ1n) is 5.32. The van der Waals surface area contributed by atoms with E-state index in [0.29, 0.717) is 10.6 Å². The SMILES string of the molecule is Fc1ccccc1C[Se]Cc1ccccc1F. The Hall–Kier alpha value is -1.18. The van der Waals surface area contributed by atoms with Crippen molar-refractivity contribution in [3.8, 4) is 0 Å². The van der Waals surface area contributed by atoms with E-state index in [9.17, 15) is 8.78 Å². The van der Waals surface area contributed by atoms with E-state index in [1.807, 2.05) is 12.1 Å². The molecule has 0 saturated heterocycles. The molecule has 17 heavy (non-hydrogen) atoms. The van der Waals surface area contributed by atoms with E-state index >= 15 is 0 Å². The molecule has 0 aliphatic heterocycles. The van der Waals surface area contributed by atoms with E-state index in [1.54, 1.807) is 24.3 Å². The Kier molecular flexibility index (Phi) is 4.29. The normalized spacial score (nSPS) is 10.5. The third-order valence-corrected chi connectivity index (χ3v) is 4.59. The number of hydrogen-bond donors (Lipinski definition) is 0. The van der Waals surface area contributed by atoms with Gasteiger partial charge in [-0.25, -0.2) is 0 Å². The van der Waals surface area contributed by atoms with Crippen LogP contribution in [0, 0.1) is 11.6 Å². The summed E-state index contributed by atoms with van der Waals surface area (Å²) in [7, 11) is 0. The Balaban J connectivity index is 1.93. The summed E-state index contributed by atoms with van der Waals surface area (Å²) in [6.45, 7) is 0. The fourth-order valence-electron chi connectivity index (χ4n) is 1.50. The fourth-order valence-corrected chi connectivity index (χ4v) is 3.62. The predicted octanol–water partition coefficient (Wildman–Crippen LogP) is 3.37. The van der Waals surface area contributed by atoms with Crippen LogP contribution in [0.5, 0.6) is 0 Å².